The minimum absolute atomic E-state index is 0.122. The van der Waals surface area contributed by atoms with Gasteiger partial charge in [-0.3, -0.25) is 19.3 Å². The Kier molecular flexibility index (Phi) is 8.48. The highest BCUT2D eigenvalue weighted by atomic mass is 16.5. The van der Waals surface area contributed by atoms with E-state index < -0.39 is 35.1 Å². The number of benzene rings is 1. The zero-order valence-corrected chi connectivity index (χ0v) is 25.3. The number of carbonyl (C=O) groups excluding carboxylic acids is 3. The Morgan fingerprint density at radius 3 is 2.30 bits per heavy atom. The van der Waals surface area contributed by atoms with Crippen molar-refractivity contribution in [3.8, 4) is 0 Å². The molecule has 1 spiro atoms. The zero-order valence-electron chi connectivity index (χ0n) is 25.3. The first-order valence-corrected chi connectivity index (χ1v) is 15.7. The lowest BCUT2D eigenvalue weighted by Crippen LogP contribution is -2.59. The number of fused-ring (bicyclic) bond motifs is 2. The van der Waals surface area contributed by atoms with E-state index in [0.29, 0.717) is 52.4 Å². The van der Waals surface area contributed by atoms with Crippen LogP contribution in [0.4, 0.5) is 0 Å². The summed E-state index contributed by atoms with van der Waals surface area (Å²) in [7, 11) is 0. The molecule has 5 aliphatic rings. The summed E-state index contributed by atoms with van der Waals surface area (Å²) < 4.78 is 12.4. The standard InChI is InChI=1S/C33H44N4O6/c1-3-13-35-14-7-11-32(2)26(29(35)39)27-30(40)37(25(23-38)22-24-9-5-4-6-10-24)28-31(41)36(15-8-12-33(27,28)43-32)17-16-34-18-20-42-21-19-34/h4-12,25-28,38H,3,13-23H2,1-2H3/t25-,26+,27+,28?,32-,33+/m1/s1. The molecule has 232 valence electrons. The molecule has 3 saturated heterocycles. The van der Waals surface area contributed by atoms with Gasteiger partial charge < -0.3 is 29.3 Å². The fourth-order valence-electron chi connectivity index (χ4n) is 7.85. The first kappa shape index (κ1) is 30.0. The number of aliphatic hydroxyl groups excluding tert-OH is 1. The number of aliphatic hydroxyl groups is 1. The highest BCUT2D eigenvalue weighted by Gasteiger charge is 2.75. The van der Waals surface area contributed by atoms with Crippen molar-refractivity contribution in [3.05, 3.63) is 60.2 Å². The smallest absolute Gasteiger partial charge is 0.249 e. The second-order valence-corrected chi connectivity index (χ2v) is 12.6. The van der Waals surface area contributed by atoms with Crippen LogP contribution >= 0.6 is 0 Å². The average Bonchev–Trinajstić information content (AvgIpc) is 3.30. The minimum Gasteiger partial charge on any atom is -0.394 e. The van der Waals surface area contributed by atoms with Crippen LogP contribution in [0, 0.1) is 11.8 Å². The maximum absolute atomic E-state index is 14.7. The average molecular weight is 593 g/mol. The topological polar surface area (TPSA) is 103 Å². The predicted molar refractivity (Wildman–Crippen MR) is 160 cm³/mol. The SMILES string of the molecule is CCCN1CC=C[C@@]2(C)O[C@]34C=CCN(CCN5CCOCC5)C(=O)C3N([C@@H](CO)Cc3ccccc3)C(=O)[C@@H]4[C@H]2C1=O. The zero-order chi connectivity index (χ0) is 30.2. The molecule has 10 heteroatoms. The van der Waals surface area contributed by atoms with Gasteiger partial charge in [0.05, 0.1) is 43.3 Å². The quantitative estimate of drug-likeness (QED) is 0.429. The summed E-state index contributed by atoms with van der Waals surface area (Å²) in [6.45, 7) is 9.16. The molecule has 0 bridgehead atoms. The molecule has 1 N–H and O–H groups in total. The number of ether oxygens (including phenoxy) is 2. The molecule has 6 atom stereocenters. The summed E-state index contributed by atoms with van der Waals surface area (Å²) >= 11 is 0. The third-order valence-electron chi connectivity index (χ3n) is 9.86. The van der Waals surface area contributed by atoms with E-state index in [1.165, 1.54) is 0 Å². The van der Waals surface area contributed by atoms with Crippen LogP contribution in [-0.4, -0.2) is 131 Å². The largest absolute Gasteiger partial charge is 0.394 e. The van der Waals surface area contributed by atoms with Crippen molar-refractivity contribution in [3.63, 3.8) is 0 Å². The molecule has 0 aromatic heterocycles. The first-order chi connectivity index (χ1) is 20.8. The van der Waals surface area contributed by atoms with Crippen LogP contribution in [-0.2, 0) is 30.3 Å². The Morgan fingerprint density at radius 1 is 0.907 bits per heavy atom. The van der Waals surface area contributed by atoms with E-state index in [-0.39, 0.29) is 24.3 Å². The van der Waals surface area contributed by atoms with Crippen LogP contribution in [0.2, 0.25) is 0 Å². The van der Waals surface area contributed by atoms with Crippen molar-refractivity contribution in [1.29, 1.82) is 0 Å². The van der Waals surface area contributed by atoms with Gasteiger partial charge in [0.25, 0.3) is 0 Å². The maximum atomic E-state index is 14.7. The van der Waals surface area contributed by atoms with Gasteiger partial charge in [0.2, 0.25) is 17.7 Å². The Morgan fingerprint density at radius 2 is 1.60 bits per heavy atom. The van der Waals surface area contributed by atoms with Crippen molar-refractivity contribution >= 4 is 17.7 Å². The van der Waals surface area contributed by atoms with Crippen molar-refractivity contribution in [1.82, 2.24) is 19.6 Å². The Bertz CT molecular complexity index is 1270. The monoisotopic (exact) mass is 592 g/mol. The van der Waals surface area contributed by atoms with Crippen LogP contribution in [0.5, 0.6) is 0 Å². The second kappa shape index (κ2) is 12.1. The lowest BCUT2D eigenvalue weighted by Gasteiger charge is -2.40. The van der Waals surface area contributed by atoms with E-state index in [4.69, 9.17) is 9.47 Å². The highest BCUT2D eigenvalue weighted by molar-refractivity contribution is 6.00. The van der Waals surface area contributed by atoms with Gasteiger partial charge in [-0.05, 0) is 25.3 Å². The predicted octanol–water partition coefficient (Wildman–Crippen LogP) is 1.10. The summed E-state index contributed by atoms with van der Waals surface area (Å²) in [5, 5.41) is 10.7. The normalized spacial score (nSPS) is 33.3. The van der Waals surface area contributed by atoms with Crippen molar-refractivity contribution in [2.24, 2.45) is 11.8 Å². The highest BCUT2D eigenvalue weighted by Crippen LogP contribution is 2.58. The van der Waals surface area contributed by atoms with E-state index in [1.54, 1.807) is 14.7 Å². The Balaban J connectivity index is 1.40. The molecule has 10 nitrogen and oxygen atoms in total. The van der Waals surface area contributed by atoms with Crippen molar-refractivity contribution < 1.29 is 29.0 Å². The summed E-state index contributed by atoms with van der Waals surface area (Å²) in [5.41, 5.74) is -1.43. The van der Waals surface area contributed by atoms with Gasteiger partial charge in [-0.25, -0.2) is 0 Å². The van der Waals surface area contributed by atoms with Crippen LogP contribution in [0.3, 0.4) is 0 Å². The molecule has 6 rings (SSSR count). The van der Waals surface area contributed by atoms with Crippen LogP contribution in [0.25, 0.3) is 0 Å². The molecule has 1 unspecified atom stereocenters. The van der Waals surface area contributed by atoms with Gasteiger partial charge in [0.1, 0.15) is 11.6 Å². The maximum Gasteiger partial charge on any atom is 0.249 e. The molecule has 0 radical (unpaired) electrons. The van der Waals surface area contributed by atoms with E-state index in [0.717, 1.165) is 25.1 Å². The van der Waals surface area contributed by atoms with Gasteiger partial charge in [0, 0.05) is 45.8 Å². The van der Waals surface area contributed by atoms with Gasteiger partial charge in [-0.1, -0.05) is 61.6 Å². The van der Waals surface area contributed by atoms with Crippen LogP contribution in [0.1, 0.15) is 25.8 Å². The lowest BCUT2D eigenvalue weighted by molar-refractivity contribution is -0.155. The molecule has 5 heterocycles. The third-order valence-corrected chi connectivity index (χ3v) is 9.86. The lowest BCUT2D eigenvalue weighted by atomic mass is 9.74. The molecule has 3 amide bonds. The summed E-state index contributed by atoms with van der Waals surface area (Å²) in [6, 6.07) is 8.03. The van der Waals surface area contributed by atoms with Gasteiger partial charge in [-0.2, -0.15) is 0 Å². The summed E-state index contributed by atoms with van der Waals surface area (Å²) in [5.74, 6) is -2.31. The molecular formula is C33H44N4O6. The number of hydrogen-bond acceptors (Lipinski definition) is 7. The third kappa shape index (κ3) is 5.22. The van der Waals surface area contributed by atoms with Crippen LogP contribution in [0.15, 0.2) is 54.6 Å². The van der Waals surface area contributed by atoms with E-state index in [9.17, 15) is 19.5 Å². The first-order valence-electron chi connectivity index (χ1n) is 15.7. The number of rotatable bonds is 9. The number of carbonyl (C=O) groups is 3. The second-order valence-electron chi connectivity index (χ2n) is 12.6. The van der Waals surface area contributed by atoms with Crippen molar-refractivity contribution in [2.45, 2.75) is 50.0 Å². The number of likely N-dealkylation sites (tertiary alicyclic amines) is 1. The van der Waals surface area contributed by atoms with Crippen LogP contribution < -0.4 is 0 Å². The molecule has 5 aliphatic heterocycles. The van der Waals surface area contributed by atoms with E-state index in [2.05, 4.69) is 4.90 Å². The molecule has 1 aromatic rings. The van der Waals surface area contributed by atoms with E-state index >= 15 is 0 Å². The van der Waals surface area contributed by atoms with Gasteiger partial charge >= 0.3 is 0 Å². The number of morpholine rings is 1. The molecule has 3 fully saturated rings. The molecule has 0 saturated carbocycles. The Hall–Kier alpha value is -3.05. The molecule has 0 aliphatic carbocycles. The molecular weight excluding hydrogens is 548 g/mol. The number of amides is 3. The Labute approximate surface area is 253 Å². The number of hydrogen-bond donors (Lipinski definition) is 1. The van der Waals surface area contributed by atoms with Gasteiger partial charge in [0.15, 0.2) is 0 Å². The van der Waals surface area contributed by atoms with Crippen molar-refractivity contribution in [2.75, 3.05) is 65.6 Å². The molecule has 43 heavy (non-hydrogen) atoms. The van der Waals surface area contributed by atoms with Gasteiger partial charge in [-0.15, -0.1) is 0 Å². The fraction of sp³-hybridized carbons (Fsp3) is 0.606. The summed E-state index contributed by atoms with van der Waals surface area (Å²) in [4.78, 5) is 51.0. The minimum atomic E-state index is -1.33. The summed E-state index contributed by atoms with van der Waals surface area (Å²) in [6.07, 6.45) is 8.85. The van der Waals surface area contributed by atoms with E-state index in [1.807, 2.05) is 68.5 Å². The number of nitrogens with zero attached hydrogens (tertiary/aromatic N) is 4. The fourth-order valence-corrected chi connectivity index (χ4v) is 7.85. The molecule has 1 aromatic carbocycles.